The lowest BCUT2D eigenvalue weighted by Crippen LogP contribution is -2.45. The fraction of sp³-hybridized carbons (Fsp3) is 0.412. The van der Waals surface area contributed by atoms with Gasteiger partial charge in [-0.3, -0.25) is 9.32 Å². The molecule has 1 aliphatic rings. The molecule has 182 valence electrons. The zero-order chi connectivity index (χ0) is 24.7. The predicted octanol–water partition coefficient (Wildman–Crippen LogP) is 2.23. The van der Waals surface area contributed by atoms with Crippen LogP contribution in [0.5, 0.6) is 0 Å². The van der Waals surface area contributed by atoms with Crippen LogP contribution in [0.1, 0.15) is 29.7 Å². The molecule has 0 bridgehead atoms. The Kier molecular flexibility index (Phi) is 6.92. The van der Waals surface area contributed by atoms with E-state index in [4.69, 9.17) is 5.73 Å². The molecule has 0 fully saturated rings. The predicted molar refractivity (Wildman–Crippen MR) is 97.4 cm³/mol. The Morgan fingerprint density at radius 1 is 1.21 bits per heavy atom. The number of benzene rings is 1. The van der Waals surface area contributed by atoms with E-state index in [2.05, 4.69) is 9.51 Å². The van der Waals surface area contributed by atoms with Gasteiger partial charge < -0.3 is 25.0 Å². The Balaban J connectivity index is 1.82. The largest absolute Gasteiger partial charge is 0.471 e. The molecule has 1 amide bonds. The molecule has 0 spiro atoms. The van der Waals surface area contributed by atoms with Crippen molar-refractivity contribution in [3.8, 4) is 0 Å². The molecule has 0 saturated heterocycles. The molecular formula is C17H17F6N4O5P. The van der Waals surface area contributed by atoms with Crippen LogP contribution < -0.4 is 5.73 Å². The van der Waals surface area contributed by atoms with Gasteiger partial charge >= 0.3 is 14.0 Å². The summed E-state index contributed by atoms with van der Waals surface area (Å²) in [5.74, 6) is -5.31. The first kappa shape index (κ1) is 25.2. The highest BCUT2D eigenvalue weighted by atomic mass is 31.2. The number of imidazole rings is 1. The van der Waals surface area contributed by atoms with Crippen molar-refractivity contribution in [2.45, 2.75) is 37.8 Å². The molecular weight excluding hydrogens is 485 g/mol. The number of alkyl halides is 3. The molecule has 16 heteroatoms. The van der Waals surface area contributed by atoms with Crippen molar-refractivity contribution in [3.63, 3.8) is 0 Å². The quantitative estimate of drug-likeness (QED) is 0.314. The van der Waals surface area contributed by atoms with Crippen molar-refractivity contribution >= 4 is 13.7 Å². The number of phosphoric acid groups is 1. The SMILES string of the molecule is N[C@@H](CC(=O)N1CCn2c(C(F)(F)F)cnc2C1OP(=O)(O)O)Cc1cc(F)c(F)cc1F. The lowest BCUT2D eigenvalue weighted by Gasteiger charge is -2.36. The summed E-state index contributed by atoms with van der Waals surface area (Å²) < 4.78 is 96.3. The number of nitrogens with zero attached hydrogens (tertiary/aromatic N) is 3. The Hall–Kier alpha value is -2.45. The van der Waals surface area contributed by atoms with Gasteiger partial charge in [0.05, 0.1) is 6.20 Å². The van der Waals surface area contributed by atoms with Crippen LogP contribution in [0, 0.1) is 17.5 Å². The summed E-state index contributed by atoms with van der Waals surface area (Å²) in [7, 11) is -5.29. The zero-order valence-corrected chi connectivity index (χ0v) is 17.4. The lowest BCUT2D eigenvalue weighted by atomic mass is 10.0. The van der Waals surface area contributed by atoms with E-state index in [0.29, 0.717) is 22.9 Å². The number of rotatable bonds is 6. The highest BCUT2D eigenvalue weighted by molar-refractivity contribution is 7.46. The third kappa shape index (κ3) is 5.73. The first-order valence-corrected chi connectivity index (χ1v) is 10.8. The van der Waals surface area contributed by atoms with Gasteiger partial charge in [0.15, 0.2) is 17.5 Å². The summed E-state index contributed by atoms with van der Waals surface area (Å²) in [5.41, 5.74) is 4.29. The van der Waals surface area contributed by atoms with E-state index in [1.807, 2.05) is 0 Å². The molecule has 2 heterocycles. The number of hydrogen-bond donors (Lipinski definition) is 3. The molecule has 1 aromatic carbocycles. The minimum atomic E-state index is -5.29. The van der Waals surface area contributed by atoms with Crippen molar-refractivity contribution in [3.05, 3.63) is 52.9 Å². The average molecular weight is 502 g/mol. The van der Waals surface area contributed by atoms with Gasteiger partial charge in [-0.2, -0.15) is 13.2 Å². The summed E-state index contributed by atoms with van der Waals surface area (Å²) >= 11 is 0. The van der Waals surface area contributed by atoms with Crippen LogP contribution in [0.2, 0.25) is 0 Å². The Bertz CT molecular complexity index is 1100. The molecule has 0 radical (unpaired) electrons. The fourth-order valence-electron chi connectivity index (χ4n) is 3.42. The molecule has 33 heavy (non-hydrogen) atoms. The molecule has 3 rings (SSSR count). The summed E-state index contributed by atoms with van der Waals surface area (Å²) in [6, 6.07) is -0.267. The van der Waals surface area contributed by atoms with Crippen molar-refractivity contribution < 1.29 is 50.0 Å². The second-order valence-corrected chi connectivity index (χ2v) is 8.40. The maximum Gasteiger partial charge on any atom is 0.471 e. The molecule has 0 saturated carbocycles. The maximum absolute atomic E-state index is 13.8. The number of nitrogens with two attached hydrogens (primary N) is 1. The summed E-state index contributed by atoms with van der Waals surface area (Å²) in [5, 5.41) is 0. The standard InChI is InChI=1S/C17H17F6N4O5P/c18-10-6-12(20)11(19)4-8(10)3-9(24)5-14(28)27-2-1-26-13(17(21,22)23)7-25-15(26)16(27)32-33(29,30)31/h4,6-7,9,16H,1-3,5,24H2,(H2,29,30,31)/t9-,16?/m1/s1. The summed E-state index contributed by atoms with van der Waals surface area (Å²) in [6.45, 7) is -0.855. The number of carbonyl (C=O) groups is 1. The molecule has 1 aromatic heterocycles. The van der Waals surface area contributed by atoms with E-state index in [9.17, 15) is 45.5 Å². The van der Waals surface area contributed by atoms with Crippen LogP contribution in [0.15, 0.2) is 18.3 Å². The van der Waals surface area contributed by atoms with Gasteiger partial charge in [-0.05, 0) is 18.1 Å². The summed E-state index contributed by atoms with van der Waals surface area (Å²) in [4.78, 5) is 35.4. The number of fused-ring (bicyclic) bond motifs is 1. The van der Waals surface area contributed by atoms with Crippen molar-refractivity contribution in [1.29, 1.82) is 0 Å². The number of phosphoric ester groups is 1. The molecule has 9 nitrogen and oxygen atoms in total. The average Bonchev–Trinajstić information content (AvgIpc) is 3.10. The van der Waals surface area contributed by atoms with Gasteiger partial charge in [0.2, 0.25) is 12.1 Å². The van der Waals surface area contributed by atoms with Gasteiger partial charge in [0.25, 0.3) is 0 Å². The number of hydrogen-bond acceptors (Lipinski definition) is 5. The van der Waals surface area contributed by atoms with E-state index in [1.165, 1.54) is 0 Å². The Labute approximate surface area is 182 Å². The molecule has 4 N–H and O–H groups in total. The van der Waals surface area contributed by atoms with Crippen LogP contribution in [-0.4, -0.2) is 42.7 Å². The highest BCUT2D eigenvalue weighted by Gasteiger charge is 2.43. The second kappa shape index (κ2) is 9.06. The molecule has 1 aliphatic heterocycles. The lowest BCUT2D eigenvalue weighted by molar-refractivity contribution is -0.148. The van der Waals surface area contributed by atoms with E-state index < -0.39 is 87.1 Å². The van der Waals surface area contributed by atoms with Gasteiger partial charge in [0, 0.05) is 31.6 Å². The molecule has 0 aliphatic carbocycles. The molecule has 2 aromatic rings. The topological polar surface area (TPSA) is 131 Å². The van der Waals surface area contributed by atoms with E-state index in [1.54, 1.807) is 0 Å². The van der Waals surface area contributed by atoms with Crippen LogP contribution >= 0.6 is 7.82 Å². The first-order chi connectivity index (χ1) is 15.2. The van der Waals surface area contributed by atoms with Gasteiger partial charge in [0.1, 0.15) is 11.5 Å². The van der Waals surface area contributed by atoms with Crippen molar-refractivity contribution in [2.24, 2.45) is 5.73 Å². The summed E-state index contributed by atoms with van der Waals surface area (Å²) in [6.07, 6.45) is -7.32. The van der Waals surface area contributed by atoms with E-state index in [0.717, 1.165) is 4.90 Å². The second-order valence-electron chi connectivity index (χ2n) is 7.21. The minimum absolute atomic E-state index is 0.311. The number of amides is 1. The van der Waals surface area contributed by atoms with Crippen LogP contribution in [0.4, 0.5) is 26.3 Å². The molecule has 2 atom stereocenters. The van der Waals surface area contributed by atoms with Crippen molar-refractivity contribution in [2.75, 3.05) is 6.54 Å². The number of aromatic nitrogens is 2. The highest BCUT2D eigenvalue weighted by Crippen LogP contribution is 2.45. The zero-order valence-electron chi connectivity index (χ0n) is 16.5. The van der Waals surface area contributed by atoms with Crippen LogP contribution in [0.3, 0.4) is 0 Å². The normalized spacial score (nSPS) is 17.7. The van der Waals surface area contributed by atoms with Gasteiger partial charge in [-0.25, -0.2) is 22.7 Å². The Morgan fingerprint density at radius 3 is 2.45 bits per heavy atom. The maximum atomic E-state index is 13.8. The van der Waals surface area contributed by atoms with Gasteiger partial charge in [-0.1, -0.05) is 0 Å². The Morgan fingerprint density at radius 2 is 1.85 bits per heavy atom. The van der Waals surface area contributed by atoms with Gasteiger partial charge in [-0.15, -0.1) is 0 Å². The third-order valence-corrected chi connectivity index (χ3v) is 5.29. The number of carbonyl (C=O) groups excluding carboxylic acids is 1. The van der Waals surface area contributed by atoms with E-state index >= 15 is 0 Å². The smallest absolute Gasteiger partial charge is 0.327 e. The monoisotopic (exact) mass is 502 g/mol. The molecule has 1 unspecified atom stereocenters. The van der Waals surface area contributed by atoms with Crippen molar-refractivity contribution in [1.82, 2.24) is 14.5 Å². The van der Waals surface area contributed by atoms with Crippen LogP contribution in [-0.2, 0) is 33.0 Å². The fourth-order valence-corrected chi connectivity index (χ4v) is 3.89. The first-order valence-electron chi connectivity index (χ1n) is 9.22. The minimum Gasteiger partial charge on any atom is -0.327 e. The van der Waals surface area contributed by atoms with Crippen LogP contribution in [0.25, 0.3) is 0 Å². The van der Waals surface area contributed by atoms with E-state index in [-0.39, 0.29) is 5.56 Å². The third-order valence-electron chi connectivity index (χ3n) is 4.81. The number of halogens is 6.